The smallest absolute Gasteiger partial charge is 0.251 e. The number of anilines is 2. The van der Waals surface area contributed by atoms with Gasteiger partial charge in [-0.1, -0.05) is 30.3 Å². The number of aromatic nitrogens is 5. The Morgan fingerprint density at radius 2 is 1.88 bits per heavy atom. The summed E-state index contributed by atoms with van der Waals surface area (Å²) in [5, 5.41) is 19.0. The third-order valence-electron chi connectivity index (χ3n) is 4.91. The molecular weight excluding hydrogens is 426 g/mol. The molecule has 1 atom stereocenters. The van der Waals surface area contributed by atoms with Crippen LogP contribution < -0.4 is 5.32 Å². The van der Waals surface area contributed by atoms with Crippen LogP contribution in [0.25, 0.3) is 22.0 Å². The quantitative estimate of drug-likeness (QED) is 0.493. The van der Waals surface area contributed by atoms with Gasteiger partial charge in [0.1, 0.15) is 22.6 Å². The Hall–Kier alpha value is -3.63. The van der Waals surface area contributed by atoms with Crippen molar-refractivity contribution >= 4 is 29.0 Å². The molecule has 10 heteroatoms. The van der Waals surface area contributed by atoms with Crippen LogP contribution in [0, 0.1) is 0 Å². The number of aryl methyl sites for hydroxylation is 1. The average molecular weight is 450 g/mol. The summed E-state index contributed by atoms with van der Waals surface area (Å²) >= 11 is 1.57. The van der Waals surface area contributed by atoms with Gasteiger partial charge in [0.05, 0.1) is 11.9 Å². The number of likely N-dealkylation sites (N-methyl/N-ethyl adjacent to an activating group) is 1. The Balaban J connectivity index is 0.000000260. The van der Waals surface area contributed by atoms with Gasteiger partial charge in [0.2, 0.25) is 5.95 Å². The lowest BCUT2D eigenvalue weighted by Gasteiger charge is -2.05. The molecule has 1 amide bonds. The second kappa shape index (κ2) is 9.67. The summed E-state index contributed by atoms with van der Waals surface area (Å²) in [6.07, 6.45) is 3.32. The van der Waals surface area contributed by atoms with Crippen molar-refractivity contribution in [3.63, 3.8) is 0 Å². The molecule has 0 saturated carbocycles. The normalized spacial score (nSPS) is 15.4. The lowest BCUT2D eigenvalue weighted by Crippen LogP contribution is -2.24. The minimum Gasteiger partial charge on any atom is -0.383 e. The van der Waals surface area contributed by atoms with Crippen LogP contribution in [0.4, 0.5) is 11.8 Å². The minimum absolute atomic E-state index is 0.148. The second-order valence-electron chi connectivity index (χ2n) is 7.20. The van der Waals surface area contributed by atoms with Gasteiger partial charge in [-0.15, -0.1) is 11.3 Å². The monoisotopic (exact) mass is 449 g/mol. The summed E-state index contributed by atoms with van der Waals surface area (Å²) in [6, 6.07) is 13.8. The predicted molar refractivity (Wildman–Crippen MR) is 123 cm³/mol. The molecule has 5 rings (SSSR count). The van der Waals surface area contributed by atoms with Crippen LogP contribution in [0.1, 0.15) is 6.42 Å². The van der Waals surface area contributed by atoms with Crippen LogP contribution >= 0.6 is 11.3 Å². The first kappa shape index (κ1) is 21.6. The SMILES string of the molecule is CN1CCC(O)C1=O.Cn1nccc1Nc1nccc(-c2nc(-c3ccccc3)cs2)n1. The number of aliphatic hydroxyl groups excluding tert-OH is 1. The molecule has 1 unspecified atom stereocenters. The molecule has 1 aromatic carbocycles. The van der Waals surface area contributed by atoms with Gasteiger partial charge in [0.25, 0.3) is 5.91 Å². The van der Waals surface area contributed by atoms with Crippen LogP contribution in [0.2, 0.25) is 0 Å². The predicted octanol–water partition coefficient (Wildman–Crippen LogP) is 2.95. The summed E-state index contributed by atoms with van der Waals surface area (Å²) in [7, 11) is 3.55. The van der Waals surface area contributed by atoms with E-state index in [1.165, 1.54) is 4.90 Å². The van der Waals surface area contributed by atoms with Gasteiger partial charge < -0.3 is 15.3 Å². The standard InChI is InChI=1S/C17H14N6S.C5H9NO2/c1-23-15(8-10-19-23)22-17-18-9-7-13(21-17)16-20-14(11-24-16)12-5-3-2-4-6-12;1-6-3-2-4(7)5(6)8/h2-11H,1H3,(H,18,21,22);4,7H,2-3H2,1H3. The van der Waals surface area contributed by atoms with Gasteiger partial charge in [-0.05, 0) is 12.5 Å². The molecule has 0 aliphatic carbocycles. The average Bonchev–Trinajstić information content (AvgIpc) is 3.54. The van der Waals surface area contributed by atoms with Crippen LogP contribution in [-0.4, -0.2) is 60.3 Å². The highest BCUT2D eigenvalue weighted by Gasteiger charge is 2.26. The fourth-order valence-electron chi connectivity index (χ4n) is 3.09. The number of amides is 1. The van der Waals surface area contributed by atoms with Crippen molar-refractivity contribution in [2.24, 2.45) is 7.05 Å². The van der Waals surface area contributed by atoms with Gasteiger partial charge in [-0.3, -0.25) is 9.48 Å². The minimum atomic E-state index is -0.722. The summed E-state index contributed by atoms with van der Waals surface area (Å²) in [6.45, 7) is 0.694. The maximum atomic E-state index is 10.6. The first-order valence-electron chi connectivity index (χ1n) is 10.0. The highest BCUT2D eigenvalue weighted by molar-refractivity contribution is 7.13. The van der Waals surface area contributed by atoms with E-state index < -0.39 is 6.10 Å². The number of hydrogen-bond donors (Lipinski definition) is 2. The van der Waals surface area contributed by atoms with E-state index in [1.54, 1.807) is 35.5 Å². The summed E-state index contributed by atoms with van der Waals surface area (Å²) in [4.78, 5) is 25.6. The number of likely N-dealkylation sites (tertiary alicyclic amines) is 1. The molecule has 1 aliphatic rings. The summed E-state index contributed by atoms with van der Waals surface area (Å²) in [5.41, 5.74) is 2.85. The largest absolute Gasteiger partial charge is 0.383 e. The summed E-state index contributed by atoms with van der Waals surface area (Å²) < 4.78 is 1.73. The van der Waals surface area contributed by atoms with E-state index in [2.05, 4.69) is 25.4 Å². The van der Waals surface area contributed by atoms with Gasteiger partial charge in [-0.25, -0.2) is 15.0 Å². The van der Waals surface area contributed by atoms with Gasteiger partial charge >= 0.3 is 0 Å². The lowest BCUT2D eigenvalue weighted by molar-refractivity contribution is -0.133. The molecule has 164 valence electrons. The zero-order valence-electron chi connectivity index (χ0n) is 17.7. The fraction of sp³-hybridized carbons (Fsp3) is 0.227. The van der Waals surface area contributed by atoms with Crippen molar-refractivity contribution in [1.82, 2.24) is 29.6 Å². The highest BCUT2D eigenvalue weighted by Crippen LogP contribution is 2.28. The molecule has 4 heterocycles. The van der Waals surface area contributed by atoms with Crippen molar-refractivity contribution < 1.29 is 9.90 Å². The second-order valence-corrected chi connectivity index (χ2v) is 8.06. The molecule has 1 saturated heterocycles. The first-order valence-corrected chi connectivity index (χ1v) is 10.9. The van der Waals surface area contributed by atoms with E-state index in [4.69, 9.17) is 5.11 Å². The van der Waals surface area contributed by atoms with Gasteiger partial charge in [0, 0.05) is 43.8 Å². The van der Waals surface area contributed by atoms with E-state index >= 15 is 0 Å². The Morgan fingerprint density at radius 3 is 2.50 bits per heavy atom. The van der Waals surface area contributed by atoms with E-state index in [0.717, 1.165) is 27.8 Å². The van der Waals surface area contributed by atoms with Crippen molar-refractivity contribution in [3.8, 4) is 22.0 Å². The molecule has 0 spiro atoms. The number of aliphatic hydroxyl groups is 1. The van der Waals surface area contributed by atoms with Crippen molar-refractivity contribution in [3.05, 3.63) is 60.2 Å². The third-order valence-corrected chi connectivity index (χ3v) is 5.77. The Bertz CT molecular complexity index is 1180. The lowest BCUT2D eigenvalue weighted by atomic mass is 10.2. The van der Waals surface area contributed by atoms with Crippen molar-refractivity contribution in [2.45, 2.75) is 12.5 Å². The molecular formula is C22H23N7O2S. The Kier molecular flexibility index (Phi) is 6.52. The molecule has 4 aromatic rings. The topological polar surface area (TPSA) is 109 Å². The Labute approximate surface area is 189 Å². The van der Waals surface area contributed by atoms with Crippen molar-refractivity contribution in [1.29, 1.82) is 0 Å². The maximum absolute atomic E-state index is 10.6. The summed E-state index contributed by atoms with van der Waals surface area (Å²) in [5.74, 6) is 1.20. The number of nitrogens with one attached hydrogen (secondary N) is 1. The molecule has 32 heavy (non-hydrogen) atoms. The molecule has 3 aromatic heterocycles. The number of carbonyl (C=O) groups excluding carboxylic acids is 1. The number of benzene rings is 1. The number of thiazole rings is 1. The van der Waals surface area contributed by atoms with Crippen LogP contribution in [0.3, 0.4) is 0 Å². The van der Waals surface area contributed by atoms with E-state index in [9.17, 15) is 4.79 Å². The van der Waals surface area contributed by atoms with Crippen molar-refractivity contribution in [2.75, 3.05) is 18.9 Å². The molecule has 0 radical (unpaired) electrons. The maximum Gasteiger partial charge on any atom is 0.251 e. The molecule has 9 nitrogen and oxygen atoms in total. The van der Waals surface area contributed by atoms with E-state index in [0.29, 0.717) is 18.9 Å². The van der Waals surface area contributed by atoms with Gasteiger partial charge in [-0.2, -0.15) is 5.10 Å². The zero-order valence-corrected chi connectivity index (χ0v) is 18.5. The molecule has 1 fully saturated rings. The highest BCUT2D eigenvalue weighted by atomic mass is 32.1. The molecule has 2 N–H and O–H groups in total. The van der Waals surface area contributed by atoms with Crippen LogP contribution in [0.15, 0.2) is 60.2 Å². The first-order chi connectivity index (χ1) is 15.5. The fourth-order valence-corrected chi connectivity index (χ4v) is 3.88. The number of carbonyl (C=O) groups is 1. The van der Waals surface area contributed by atoms with Crippen LogP contribution in [0.5, 0.6) is 0 Å². The van der Waals surface area contributed by atoms with Crippen LogP contribution in [-0.2, 0) is 11.8 Å². The van der Waals surface area contributed by atoms with Gasteiger partial charge in [0.15, 0.2) is 0 Å². The van der Waals surface area contributed by atoms with E-state index in [1.807, 2.05) is 54.9 Å². The zero-order chi connectivity index (χ0) is 22.5. The number of hydrogen-bond acceptors (Lipinski definition) is 8. The number of rotatable bonds is 4. The molecule has 1 aliphatic heterocycles. The Morgan fingerprint density at radius 1 is 1.06 bits per heavy atom. The third kappa shape index (κ3) is 4.98. The number of nitrogens with zero attached hydrogens (tertiary/aromatic N) is 6. The molecule has 0 bridgehead atoms. The van der Waals surface area contributed by atoms with E-state index in [-0.39, 0.29) is 5.91 Å².